The third-order valence-corrected chi connectivity index (χ3v) is 21.3. The van der Waals surface area contributed by atoms with Gasteiger partial charge in [0.05, 0.1) is 13.0 Å². The van der Waals surface area contributed by atoms with Crippen LogP contribution in [0.5, 0.6) is 0 Å². The molecule has 0 unspecified atom stereocenters. The van der Waals surface area contributed by atoms with Gasteiger partial charge in [0.2, 0.25) is 82.7 Å². The van der Waals surface area contributed by atoms with Gasteiger partial charge in [-0.2, -0.15) is 0 Å². The third-order valence-electron chi connectivity index (χ3n) is 13.9. The van der Waals surface area contributed by atoms with Crippen molar-refractivity contribution >= 4 is 159 Å². The summed E-state index contributed by atoms with van der Waals surface area (Å²) in [5.74, 6) is -20.2. The van der Waals surface area contributed by atoms with E-state index in [4.69, 9.17) is 5.73 Å². The molecule has 17 N–H and O–H groups in total. The minimum atomic E-state index is -1.83. The Bertz CT molecular complexity index is 2910. The number of nitrogens with two attached hydrogens (primary N) is 1. The number of nitrogens with one attached hydrogen (secondary N) is 13. The zero-order valence-electron chi connectivity index (χ0n) is 51.6. The second kappa shape index (κ2) is 39.5. The molecule has 3 heterocycles. The summed E-state index contributed by atoms with van der Waals surface area (Å²) in [5.41, 5.74) is 6.09. The first-order valence-corrected chi connectivity index (χ1v) is 36.8. The average molecular weight is 1420 g/mol. The molecule has 93 heavy (non-hydrogen) atoms. The highest BCUT2D eigenvalue weighted by Gasteiger charge is 2.38. The Balaban J connectivity index is 2.00. The number of hydrogen-bond donors (Lipinski definition) is 16. The molecule has 13 atom stereocenters. The maximum Gasteiger partial charge on any atom is 0.326 e. The Morgan fingerprint density at radius 1 is 0.527 bits per heavy atom. The van der Waals surface area contributed by atoms with E-state index in [0.717, 1.165) is 64.8 Å². The molecule has 0 spiro atoms. The lowest BCUT2D eigenvalue weighted by molar-refractivity contribution is -0.142. The quantitative estimate of drug-likeness (QED) is 0.0668. The van der Waals surface area contributed by atoms with E-state index in [2.05, 4.69) is 69.1 Å². The molecule has 3 saturated heterocycles. The first-order valence-electron chi connectivity index (χ1n) is 29.4. The fraction of sp³-hybridized carbons (Fsp3) is 0.600. The van der Waals surface area contributed by atoms with Crippen LogP contribution in [-0.2, 0) is 83.1 Å². The Hall–Kier alpha value is -7.16. The van der Waals surface area contributed by atoms with Gasteiger partial charge in [-0.05, 0) is 44.6 Å². The normalized spacial score (nSPS) is 27.7. The summed E-state index contributed by atoms with van der Waals surface area (Å²) >= 11 is 0. The largest absolute Gasteiger partial charge is 0.481 e. The lowest BCUT2D eigenvalue weighted by atomic mass is 10.0. The van der Waals surface area contributed by atoms with Crippen LogP contribution in [0.25, 0.3) is 0 Å². The van der Waals surface area contributed by atoms with Crippen LogP contribution in [0.15, 0.2) is 30.3 Å². The van der Waals surface area contributed by atoms with E-state index in [1.807, 2.05) is 0 Å². The fourth-order valence-corrected chi connectivity index (χ4v) is 15.8. The molecular formula is C55H80N14O18S6. The molecule has 514 valence electrons. The molecule has 3 fully saturated rings. The number of aliphatic carboxylic acids is 2. The van der Waals surface area contributed by atoms with Crippen LogP contribution < -0.4 is 74.9 Å². The summed E-state index contributed by atoms with van der Waals surface area (Å²) < 4.78 is 0. The van der Waals surface area contributed by atoms with Gasteiger partial charge in [0.1, 0.15) is 72.5 Å². The average Bonchev–Trinajstić information content (AvgIpc) is 2.19. The summed E-state index contributed by atoms with van der Waals surface area (Å²) in [4.78, 5) is 222. The summed E-state index contributed by atoms with van der Waals surface area (Å²) in [5, 5.41) is 52.3. The number of benzene rings is 1. The van der Waals surface area contributed by atoms with Gasteiger partial charge < -0.3 is 85.1 Å². The Morgan fingerprint density at radius 3 is 1.52 bits per heavy atom. The van der Waals surface area contributed by atoms with Crippen molar-refractivity contribution < 1.29 is 86.9 Å². The predicted octanol–water partition coefficient (Wildman–Crippen LogP) is -3.70. The summed E-state index contributed by atoms with van der Waals surface area (Å²) in [6, 6.07) is -10.8. The van der Waals surface area contributed by atoms with Gasteiger partial charge in [-0.3, -0.25) is 71.9 Å². The van der Waals surface area contributed by atoms with E-state index in [1.165, 1.54) is 27.7 Å². The van der Waals surface area contributed by atoms with Gasteiger partial charge in [0.15, 0.2) is 0 Å². The van der Waals surface area contributed by atoms with Crippen molar-refractivity contribution in [3.8, 4) is 0 Å². The molecule has 0 radical (unpaired) electrons. The third kappa shape index (κ3) is 27.4. The highest BCUT2D eigenvalue weighted by molar-refractivity contribution is 8.77. The number of fused-ring (bicyclic) bond motifs is 19. The molecule has 14 amide bonds. The number of carbonyl (C=O) groups excluding carboxylic acids is 14. The van der Waals surface area contributed by atoms with E-state index >= 15 is 0 Å². The van der Waals surface area contributed by atoms with E-state index < -0.39 is 210 Å². The van der Waals surface area contributed by atoms with E-state index in [0.29, 0.717) is 5.56 Å². The van der Waals surface area contributed by atoms with E-state index in [-0.39, 0.29) is 48.2 Å². The number of rotatable bonds is 13. The lowest BCUT2D eigenvalue weighted by Crippen LogP contribution is -2.61. The highest BCUT2D eigenvalue weighted by Crippen LogP contribution is 2.28. The SMILES string of the molecule is CC[C@@H]1NC(=O)[C@H](CC(N)=O)NC(=O)[C@@H]2CSSC[C@H](C)C(=O)N[C@H]3CSSC[C@H](NC(=O)[C@H](C)NC1=O)C(=O)N[C@@H](C)C(=O)NCC(=O)N[C@H](C(=O)N[C@@H](Cc1ccccc1)C(=O)O)CSSC[C@H](NC(=O)[C@H](CC(C)C)NC(=O)[C@H](CCC(=O)O)NC3=O)C(=O)N2. The summed E-state index contributed by atoms with van der Waals surface area (Å²) in [6.07, 6.45) is -2.57. The van der Waals surface area contributed by atoms with Crippen LogP contribution in [0.4, 0.5) is 0 Å². The van der Waals surface area contributed by atoms with Crippen molar-refractivity contribution in [2.24, 2.45) is 17.6 Å². The molecule has 32 nitrogen and oxygen atoms in total. The number of hydrogen-bond acceptors (Lipinski definition) is 22. The molecule has 4 rings (SSSR count). The van der Waals surface area contributed by atoms with E-state index in [9.17, 15) is 86.9 Å². The Morgan fingerprint density at radius 2 is 0.968 bits per heavy atom. The van der Waals surface area contributed by atoms with Crippen LogP contribution in [0.1, 0.15) is 79.2 Å². The molecule has 0 saturated carbocycles. The van der Waals surface area contributed by atoms with Crippen LogP contribution in [0.3, 0.4) is 0 Å². The first-order chi connectivity index (χ1) is 44.0. The fourth-order valence-electron chi connectivity index (χ4n) is 8.62. The second-order valence-electron chi connectivity index (χ2n) is 22.1. The molecule has 1 aromatic carbocycles. The van der Waals surface area contributed by atoms with Crippen molar-refractivity contribution in [2.75, 3.05) is 41.1 Å². The highest BCUT2D eigenvalue weighted by atomic mass is 33.1. The van der Waals surface area contributed by atoms with Gasteiger partial charge in [-0.15, -0.1) is 0 Å². The van der Waals surface area contributed by atoms with Gasteiger partial charge in [-0.25, -0.2) is 4.79 Å². The monoisotopic (exact) mass is 1420 g/mol. The van der Waals surface area contributed by atoms with Gasteiger partial charge >= 0.3 is 11.9 Å². The number of amides is 14. The van der Waals surface area contributed by atoms with Crippen molar-refractivity contribution in [2.45, 2.75) is 153 Å². The zero-order valence-corrected chi connectivity index (χ0v) is 56.5. The van der Waals surface area contributed by atoms with Gasteiger partial charge in [0.25, 0.3) is 0 Å². The van der Waals surface area contributed by atoms with Gasteiger partial charge in [0, 0.05) is 53.3 Å². The second-order valence-corrected chi connectivity index (χ2v) is 29.8. The summed E-state index contributed by atoms with van der Waals surface area (Å²) in [7, 11) is 5.38. The lowest BCUT2D eigenvalue weighted by Gasteiger charge is -2.28. The van der Waals surface area contributed by atoms with Crippen LogP contribution >= 0.6 is 64.8 Å². The number of carboxylic acid groups (broad SMARTS) is 2. The van der Waals surface area contributed by atoms with Crippen molar-refractivity contribution in [3.63, 3.8) is 0 Å². The van der Waals surface area contributed by atoms with Gasteiger partial charge in [-0.1, -0.05) is 123 Å². The molecule has 1 aromatic rings. The number of carboxylic acids is 2. The summed E-state index contributed by atoms with van der Waals surface area (Å²) in [6.45, 7) is 8.00. The molecule has 0 aliphatic carbocycles. The van der Waals surface area contributed by atoms with Crippen molar-refractivity contribution in [1.29, 1.82) is 0 Å². The topological polar surface area (TPSA) is 496 Å². The molecular weight excluding hydrogens is 1340 g/mol. The molecule has 3 aliphatic rings. The molecule has 38 heteroatoms. The van der Waals surface area contributed by atoms with Crippen LogP contribution in [0, 0.1) is 11.8 Å². The van der Waals surface area contributed by atoms with Crippen molar-refractivity contribution in [3.05, 3.63) is 35.9 Å². The van der Waals surface area contributed by atoms with Crippen LogP contribution in [0.2, 0.25) is 0 Å². The van der Waals surface area contributed by atoms with Crippen molar-refractivity contribution in [1.82, 2.24) is 69.1 Å². The Labute approximate surface area is 559 Å². The molecule has 0 aromatic heterocycles. The maximum atomic E-state index is 14.9. The Kier molecular flexibility index (Phi) is 33.3. The zero-order chi connectivity index (χ0) is 69.1. The number of carbonyl (C=O) groups is 16. The number of primary amides is 1. The van der Waals surface area contributed by atoms with E-state index in [1.54, 1.807) is 44.2 Å². The minimum absolute atomic E-state index is 0.0373. The molecule has 3 aliphatic heterocycles. The standard InChI is InChI=1S/C55H80N14O18S6/c1-7-30-46(77)59-28(6)45(76)67-36-21-91-92-22-37-52(83)62-31(13-14-42(72)73)47(78)63-32(15-25(2)3)48(79)68-39(54(85)69-38(23-89-88-19-26(4)43(74)66-37)53(84)64-33(17-40(56)70)49(80)61-30)24-93-90-20-35(60-41(71)18-57-44(75)27(5)58-50(36)81)51(82)65-34(55(86)87)16-29-11-9-8-10-12-29/h8-12,25-28,30-39H,7,13-24H2,1-6H3,(H2,56,70)(H,57,75)(H,58,81)(H,59,77)(H,60,71)(H,61,80)(H,62,83)(H,63,78)(H,64,84)(H,65,82)(H,66,74)(H,67,76)(H,68,79)(H,69,85)(H,72,73)(H,86,87)/t26-,27-,28-,30-,31-,32-,33-,34-,35-,36-,37-,38-,39-/m0/s1. The molecule has 4 bridgehead atoms. The predicted molar refractivity (Wildman–Crippen MR) is 350 cm³/mol. The minimum Gasteiger partial charge on any atom is -0.481 e. The first kappa shape index (κ1) is 78.3. The smallest absolute Gasteiger partial charge is 0.326 e. The van der Waals surface area contributed by atoms with Crippen LogP contribution in [-0.4, -0.2) is 218 Å². The maximum absolute atomic E-state index is 14.9.